The monoisotopic (exact) mass is 180 g/mol. The normalized spacial score (nSPS) is 10.4. The quantitative estimate of drug-likeness (QED) is 0.605. The Morgan fingerprint density at radius 2 is 1.62 bits per heavy atom. The summed E-state index contributed by atoms with van der Waals surface area (Å²) in [6.07, 6.45) is 2.01. The molecule has 1 aromatic carbocycles. The van der Waals surface area contributed by atoms with Gasteiger partial charge in [-0.05, 0) is 37.1 Å². The van der Waals surface area contributed by atoms with Gasteiger partial charge in [0, 0.05) is 0 Å². The second-order valence-electron chi connectivity index (χ2n) is 2.48. The van der Waals surface area contributed by atoms with Gasteiger partial charge >= 0.3 is 0 Å². The summed E-state index contributed by atoms with van der Waals surface area (Å²) in [6.45, 7) is 7.98. The number of halogens is 1. The molecule has 0 amide bonds. The molecule has 0 fully saturated rings. The minimum absolute atomic E-state index is 0.183. The fourth-order valence-corrected chi connectivity index (χ4v) is 0.879. The molecule has 13 heavy (non-hydrogen) atoms. The standard InChI is InChI=1S/C10H11F.C2H6/c1-3-8(2)9-4-6-10(11)7-5-9;1-2/h3-7H,1-2H3;1-2H3/b8-3+;. The number of rotatable bonds is 1. The molecule has 0 saturated heterocycles. The smallest absolute Gasteiger partial charge is 0.123 e. The van der Waals surface area contributed by atoms with Gasteiger partial charge in [0.2, 0.25) is 0 Å². The molecule has 0 heterocycles. The van der Waals surface area contributed by atoms with Crippen LogP contribution in [-0.4, -0.2) is 0 Å². The molecular weight excluding hydrogens is 163 g/mol. The lowest BCUT2D eigenvalue weighted by Crippen LogP contribution is -1.79. The first-order chi connectivity index (χ1) is 6.24. The zero-order chi connectivity index (χ0) is 10.3. The van der Waals surface area contributed by atoms with Crippen LogP contribution in [0.1, 0.15) is 33.3 Å². The van der Waals surface area contributed by atoms with Crippen LogP contribution < -0.4 is 0 Å². The largest absolute Gasteiger partial charge is 0.207 e. The highest BCUT2D eigenvalue weighted by Gasteiger charge is 1.93. The van der Waals surface area contributed by atoms with Crippen molar-refractivity contribution >= 4 is 5.57 Å². The third-order valence-electron chi connectivity index (χ3n) is 1.73. The Morgan fingerprint density at radius 1 is 1.15 bits per heavy atom. The third kappa shape index (κ3) is 3.88. The second kappa shape index (κ2) is 6.41. The lowest BCUT2D eigenvalue weighted by atomic mass is 10.1. The Morgan fingerprint density at radius 3 is 2.00 bits per heavy atom. The van der Waals surface area contributed by atoms with Crippen LogP contribution in [0.2, 0.25) is 0 Å². The van der Waals surface area contributed by atoms with Gasteiger partial charge in [-0.1, -0.05) is 32.1 Å². The summed E-state index contributed by atoms with van der Waals surface area (Å²) in [7, 11) is 0. The predicted octanol–water partition coefficient (Wildman–Crippen LogP) is 4.28. The summed E-state index contributed by atoms with van der Waals surface area (Å²) < 4.78 is 12.4. The van der Waals surface area contributed by atoms with Crippen molar-refractivity contribution in [3.05, 3.63) is 41.7 Å². The van der Waals surface area contributed by atoms with Crippen LogP contribution in [-0.2, 0) is 0 Å². The highest BCUT2D eigenvalue weighted by molar-refractivity contribution is 5.62. The fraction of sp³-hybridized carbons (Fsp3) is 0.333. The maximum absolute atomic E-state index is 12.4. The molecule has 72 valence electrons. The van der Waals surface area contributed by atoms with Crippen LogP contribution in [0.5, 0.6) is 0 Å². The average molecular weight is 180 g/mol. The molecule has 1 aromatic rings. The van der Waals surface area contributed by atoms with Crippen molar-refractivity contribution in [3.8, 4) is 0 Å². The Balaban J connectivity index is 0.000000671. The number of benzene rings is 1. The van der Waals surface area contributed by atoms with Crippen LogP contribution in [0.3, 0.4) is 0 Å². The van der Waals surface area contributed by atoms with Crippen LogP contribution in [0.25, 0.3) is 5.57 Å². The molecule has 1 rings (SSSR count). The van der Waals surface area contributed by atoms with Crippen LogP contribution in [0, 0.1) is 5.82 Å². The van der Waals surface area contributed by atoms with Crippen molar-refractivity contribution in [3.63, 3.8) is 0 Å². The third-order valence-corrected chi connectivity index (χ3v) is 1.73. The first kappa shape index (κ1) is 11.9. The first-order valence-corrected chi connectivity index (χ1v) is 4.63. The molecular formula is C12H17F. The summed E-state index contributed by atoms with van der Waals surface area (Å²) in [6, 6.07) is 6.51. The molecule has 0 aliphatic carbocycles. The molecule has 0 N–H and O–H groups in total. The Hall–Kier alpha value is -1.11. The van der Waals surface area contributed by atoms with Crippen molar-refractivity contribution in [1.82, 2.24) is 0 Å². The molecule has 0 radical (unpaired) electrons. The summed E-state index contributed by atoms with van der Waals surface area (Å²) in [5, 5.41) is 0. The van der Waals surface area contributed by atoms with Gasteiger partial charge in [0.05, 0.1) is 0 Å². The topological polar surface area (TPSA) is 0 Å². The van der Waals surface area contributed by atoms with Gasteiger partial charge in [-0.15, -0.1) is 0 Å². The van der Waals surface area contributed by atoms with Crippen LogP contribution in [0.4, 0.5) is 4.39 Å². The number of allylic oxidation sites excluding steroid dienone is 2. The van der Waals surface area contributed by atoms with E-state index in [0.717, 1.165) is 5.56 Å². The van der Waals surface area contributed by atoms with Gasteiger partial charge in [0.15, 0.2) is 0 Å². The Kier molecular flexibility index (Phi) is 5.86. The summed E-state index contributed by atoms with van der Waals surface area (Å²) in [4.78, 5) is 0. The Bertz CT molecular complexity index is 257. The predicted molar refractivity (Wildman–Crippen MR) is 57.1 cm³/mol. The van der Waals surface area contributed by atoms with Crippen molar-refractivity contribution in [1.29, 1.82) is 0 Å². The molecule has 0 bridgehead atoms. The number of hydrogen-bond acceptors (Lipinski definition) is 0. The van der Waals surface area contributed by atoms with E-state index in [4.69, 9.17) is 0 Å². The maximum Gasteiger partial charge on any atom is 0.123 e. The lowest BCUT2D eigenvalue weighted by Gasteiger charge is -1.98. The molecule has 0 unspecified atom stereocenters. The minimum Gasteiger partial charge on any atom is -0.207 e. The van der Waals surface area contributed by atoms with Gasteiger partial charge in [0.25, 0.3) is 0 Å². The van der Waals surface area contributed by atoms with Crippen molar-refractivity contribution < 1.29 is 4.39 Å². The van der Waals surface area contributed by atoms with Gasteiger partial charge in [-0.2, -0.15) is 0 Å². The summed E-state index contributed by atoms with van der Waals surface area (Å²) in [5.74, 6) is -0.183. The van der Waals surface area contributed by atoms with E-state index in [-0.39, 0.29) is 5.82 Å². The molecule has 1 heteroatoms. The van der Waals surface area contributed by atoms with Crippen molar-refractivity contribution in [2.24, 2.45) is 0 Å². The fourth-order valence-electron chi connectivity index (χ4n) is 0.879. The minimum atomic E-state index is -0.183. The second-order valence-corrected chi connectivity index (χ2v) is 2.48. The van der Waals surface area contributed by atoms with Crippen molar-refractivity contribution in [2.45, 2.75) is 27.7 Å². The SMILES string of the molecule is C/C=C(\C)c1ccc(F)cc1.CC. The van der Waals surface area contributed by atoms with E-state index in [1.807, 2.05) is 33.8 Å². The van der Waals surface area contributed by atoms with E-state index >= 15 is 0 Å². The summed E-state index contributed by atoms with van der Waals surface area (Å²) in [5.41, 5.74) is 2.25. The van der Waals surface area contributed by atoms with E-state index < -0.39 is 0 Å². The summed E-state index contributed by atoms with van der Waals surface area (Å²) >= 11 is 0. The molecule has 0 aromatic heterocycles. The number of hydrogen-bond donors (Lipinski definition) is 0. The van der Waals surface area contributed by atoms with E-state index in [1.165, 1.54) is 17.7 Å². The first-order valence-electron chi connectivity index (χ1n) is 4.63. The van der Waals surface area contributed by atoms with Gasteiger partial charge in [-0.3, -0.25) is 0 Å². The van der Waals surface area contributed by atoms with E-state index in [1.54, 1.807) is 12.1 Å². The average Bonchev–Trinajstić information content (AvgIpc) is 2.21. The molecule has 0 aliphatic heterocycles. The molecule has 0 spiro atoms. The van der Waals surface area contributed by atoms with Crippen LogP contribution in [0.15, 0.2) is 30.3 Å². The van der Waals surface area contributed by atoms with Gasteiger partial charge < -0.3 is 0 Å². The van der Waals surface area contributed by atoms with E-state index in [2.05, 4.69) is 0 Å². The van der Waals surface area contributed by atoms with Gasteiger partial charge in [0.1, 0.15) is 5.82 Å². The zero-order valence-corrected chi connectivity index (χ0v) is 8.76. The molecule has 0 atom stereocenters. The Labute approximate surface area is 80.1 Å². The van der Waals surface area contributed by atoms with Gasteiger partial charge in [-0.25, -0.2) is 4.39 Å². The molecule has 0 saturated carbocycles. The zero-order valence-electron chi connectivity index (χ0n) is 8.76. The highest BCUT2D eigenvalue weighted by Crippen LogP contribution is 2.13. The van der Waals surface area contributed by atoms with E-state index in [0.29, 0.717) is 0 Å². The molecule has 0 aliphatic rings. The lowest BCUT2D eigenvalue weighted by molar-refractivity contribution is 0.627. The van der Waals surface area contributed by atoms with E-state index in [9.17, 15) is 4.39 Å². The maximum atomic E-state index is 12.4. The van der Waals surface area contributed by atoms with Crippen molar-refractivity contribution in [2.75, 3.05) is 0 Å². The highest BCUT2D eigenvalue weighted by atomic mass is 19.1. The molecule has 0 nitrogen and oxygen atoms in total. The van der Waals surface area contributed by atoms with Crippen LogP contribution >= 0.6 is 0 Å².